The molecule has 1 atom stereocenters. The second-order valence-electron chi connectivity index (χ2n) is 6.84. The summed E-state index contributed by atoms with van der Waals surface area (Å²) in [7, 11) is 0. The Bertz CT molecular complexity index is 521. The number of allylic oxidation sites excluding steroid dienone is 2. The SMILES string of the molecule is CC1CCC2(CC1)NC(=O)N(NC(=O)C[C@@H]1C=CCC1)C2=O. The number of nitrogens with one attached hydrogen (secondary N) is 2. The van der Waals surface area contributed by atoms with E-state index in [9.17, 15) is 14.4 Å². The van der Waals surface area contributed by atoms with Gasteiger partial charge in [0.2, 0.25) is 5.91 Å². The lowest BCUT2D eigenvalue weighted by molar-refractivity contribution is -0.140. The van der Waals surface area contributed by atoms with Crippen LogP contribution in [-0.2, 0) is 9.59 Å². The Hall–Kier alpha value is -1.85. The van der Waals surface area contributed by atoms with Crippen molar-refractivity contribution in [3.63, 3.8) is 0 Å². The van der Waals surface area contributed by atoms with Crippen LogP contribution in [-0.4, -0.2) is 28.4 Å². The maximum atomic E-state index is 12.6. The Labute approximate surface area is 130 Å². The van der Waals surface area contributed by atoms with Crippen LogP contribution in [0.5, 0.6) is 0 Å². The van der Waals surface area contributed by atoms with E-state index in [2.05, 4.69) is 23.7 Å². The number of urea groups is 1. The fourth-order valence-electron chi connectivity index (χ4n) is 3.59. The molecule has 1 spiro atoms. The topological polar surface area (TPSA) is 78.5 Å². The first-order valence-corrected chi connectivity index (χ1v) is 8.13. The van der Waals surface area contributed by atoms with E-state index in [0.29, 0.717) is 25.2 Å². The lowest BCUT2D eigenvalue weighted by atomic mass is 9.77. The minimum absolute atomic E-state index is 0.213. The molecular formula is C16H23N3O3. The number of amides is 4. The molecular weight excluding hydrogens is 282 g/mol. The van der Waals surface area contributed by atoms with Gasteiger partial charge < -0.3 is 5.32 Å². The van der Waals surface area contributed by atoms with Gasteiger partial charge >= 0.3 is 6.03 Å². The van der Waals surface area contributed by atoms with Crippen LogP contribution < -0.4 is 10.7 Å². The third-order valence-corrected chi connectivity index (χ3v) is 5.09. The van der Waals surface area contributed by atoms with Crippen LogP contribution in [0.25, 0.3) is 0 Å². The molecule has 0 aromatic carbocycles. The third kappa shape index (κ3) is 2.74. The molecule has 6 heteroatoms. The van der Waals surface area contributed by atoms with E-state index in [-0.39, 0.29) is 17.7 Å². The molecule has 1 aliphatic heterocycles. The third-order valence-electron chi connectivity index (χ3n) is 5.09. The monoisotopic (exact) mass is 305 g/mol. The van der Waals surface area contributed by atoms with E-state index in [1.807, 2.05) is 6.08 Å². The number of hydrogen-bond acceptors (Lipinski definition) is 3. The Kier molecular flexibility index (Phi) is 3.93. The van der Waals surface area contributed by atoms with Gasteiger partial charge in [0.15, 0.2) is 0 Å². The van der Waals surface area contributed by atoms with Gasteiger partial charge in [0.05, 0.1) is 0 Å². The summed E-state index contributed by atoms with van der Waals surface area (Å²) in [6, 6.07) is -0.505. The quantitative estimate of drug-likeness (QED) is 0.617. The summed E-state index contributed by atoms with van der Waals surface area (Å²) in [6.07, 6.45) is 9.48. The molecule has 0 aromatic rings. The second kappa shape index (κ2) is 5.74. The Morgan fingerprint density at radius 3 is 2.73 bits per heavy atom. The van der Waals surface area contributed by atoms with Crippen molar-refractivity contribution in [3.8, 4) is 0 Å². The van der Waals surface area contributed by atoms with Gasteiger partial charge in [-0.3, -0.25) is 15.0 Å². The Balaban J connectivity index is 1.62. The van der Waals surface area contributed by atoms with Gasteiger partial charge in [-0.15, -0.1) is 0 Å². The number of carbonyl (C=O) groups excluding carboxylic acids is 3. The fourth-order valence-corrected chi connectivity index (χ4v) is 3.59. The van der Waals surface area contributed by atoms with E-state index in [1.165, 1.54) is 0 Å². The molecule has 2 aliphatic carbocycles. The molecule has 3 aliphatic rings. The molecule has 0 aromatic heterocycles. The highest BCUT2D eigenvalue weighted by Crippen LogP contribution is 2.35. The minimum atomic E-state index is -0.801. The van der Waals surface area contributed by atoms with Gasteiger partial charge in [-0.2, -0.15) is 5.01 Å². The Morgan fingerprint density at radius 2 is 2.09 bits per heavy atom. The van der Waals surface area contributed by atoms with Crippen LogP contribution in [0.4, 0.5) is 4.79 Å². The molecule has 2 N–H and O–H groups in total. The summed E-state index contributed by atoms with van der Waals surface area (Å²) in [4.78, 5) is 36.7. The van der Waals surface area contributed by atoms with Gasteiger partial charge in [0.25, 0.3) is 5.91 Å². The summed E-state index contributed by atoms with van der Waals surface area (Å²) < 4.78 is 0. The van der Waals surface area contributed by atoms with Crippen LogP contribution in [0.1, 0.15) is 51.9 Å². The van der Waals surface area contributed by atoms with Crippen LogP contribution in [0.2, 0.25) is 0 Å². The van der Waals surface area contributed by atoms with E-state index in [0.717, 1.165) is 30.7 Å². The highest BCUT2D eigenvalue weighted by molar-refractivity contribution is 6.08. The number of carbonyl (C=O) groups is 3. The predicted molar refractivity (Wildman–Crippen MR) is 80.4 cm³/mol. The Morgan fingerprint density at radius 1 is 1.36 bits per heavy atom. The van der Waals surface area contributed by atoms with Gasteiger partial charge in [0, 0.05) is 6.42 Å². The highest BCUT2D eigenvalue weighted by atomic mass is 16.2. The first-order valence-electron chi connectivity index (χ1n) is 8.13. The molecule has 3 rings (SSSR count). The average Bonchev–Trinajstić information content (AvgIpc) is 3.06. The zero-order chi connectivity index (χ0) is 15.7. The molecule has 0 radical (unpaired) electrons. The van der Waals surface area contributed by atoms with Crippen molar-refractivity contribution in [1.82, 2.24) is 15.8 Å². The van der Waals surface area contributed by atoms with Crippen molar-refractivity contribution in [2.75, 3.05) is 0 Å². The molecule has 1 saturated heterocycles. The second-order valence-corrected chi connectivity index (χ2v) is 6.84. The maximum Gasteiger partial charge on any atom is 0.344 e. The first kappa shape index (κ1) is 15.1. The molecule has 0 unspecified atom stereocenters. The molecule has 22 heavy (non-hydrogen) atoms. The average molecular weight is 305 g/mol. The molecule has 0 bridgehead atoms. The van der Waals surface area contributed by atoms with Crippen molar-refractivity contribution in [1.29, 1.82) is 0 Å². The van der Waals surface area contributed by atoms with E-state index < -0.39 is 11.6 Å². The van der Waals surface area contributed by atoms with Gasteiger partial charge in [0.1, 0.15) is 5.54 Å². The highest BCUT2D eigenvalue weighted by Gasteiger charge is 2.52. The molecule has 6 nitrogen and oxygen atoms in total. The minimum Gasteiger partial charge on any atom is -0.322 e. The molecule has 1 saturated carbocycles. The lowest BCUT2D eigenvalue weighted by Gasteiger charge is -2.33. The zero-order valence-electron chi connectivity index (χ0n) is 12.9. The lowest BCUT2D eigenvalue weighted by Crippen LogP contribution is -2.51. The van der Waals surface area contributed by atoms with Gasteiger partial charge in [-0.25, -0.2) is 4.79 Å². The number of rotatable bonds is 3. The van der Waals surface area contributed by atoms with Gasteiger partial charge in [-0.1, -0.05) is 19.1 Å². The smallest absolute Gasteiger partial charge is 0.322 e. The summed E-state index contributed by atoms with van der Waals surface area (Å²) in [6.45, 7) is 2.16. The summed E-state index contributed by atoms with van der Waals surface area (Å²) in [5.41, 5.74) is 1.69. The number of hydrazine groups is 1. The van der Waals surface area contributed by atoms with Crippen molar-refractivity contribution >= 4 is 17.8 Å². The first-order chi connectivity index (χ1) is 10.5. The molecule has 4 amide bonds. The molecule has 120 valence electrons. The van der Waals surface area contributed by atoms with Crippen LogP contribution >= 0.6 is 0 Å². The van der Waals surface area contributed by atoms with E-state index >= 15 is 0 Å². The van der Waals surface area contributed by atoms with Crippen molar-refractivity contribution in [2.24, 2.45) is 11.8 Å². The number of imide groups is 1. The van der Waals surface area contributed by atoms with Crippen LogP contribution in [0, 0.1) is 11.8 Å². The van der Waals surface area contributed by atoms with Crippen LogP contribution in [0.15, 0.2) is 12.2 Å². The molecule has 1 heterocycles. The summed E-state index contributed by atoms with van der Waals surface area (Å²) in [5, 5.41) is 3.68. The standard InChI is InChI=1S/C16H23N3O3/c1-11-6-8-16(9-7-11)14(21)19(15(22)17-16)18-13(20)10-12-4-2-3-5-12/h2,4,11-12H,3,5-10H2,1H3,(H,17,22)(H,18,20)/t11?,12-,16?/m1/s1. The summed E-state index contributed by atoms with van der Waals surface area (Å²) in [5.74, 6) is 0.208. The van der Waals surface area contributed by atoms with E-state index in [4.69, 9.17) is 0 Å². The fraction of sp³-hybridized carbons (Fsp3) is 0.688. The van der Waals surface area contributed by atoms with Crippen molar-refractivity contribution in [2.45, 2.75) is 57.4 Å². The summed E-state index contributed by atoms with van der Waals surface area (Å²) >= 11 is 0. The zero-order valence-corrected chi connectivity index (χ0v) is 12.9. The number of hydrogen-bond donors (Lipinski definition) is 2. The number of nitrogens with zero attached hydrogens (tertiary/aromatic N) is 1. The predicted octanol–water partition coefficient (Wildman–Crippen LogP) is 1.87. The maximum absolute atomic E-state index is 12.6. The normalized spacial score (nSPS) is 34.3. The molecule has 2 fully saturated rings. The van der Waals surface area contributed by atoms with E-state index in [1.54, 1.807) is 0 Å². The van der Waals surface area contributed by atoms with Gasteiger partial charge in [-0.05, 0) is 50.4 Å². The largest absolute Gasteiger partial charge is 0.344 e. The van der Waals surface area contributed by atoms with Crippen molar-refractivity contribution in [3.05, 3.63) is 12.2 Å². The van der Waals surface area contributed by atoms with Crippen molar-refractivity contribution < 1.29 is 14.4 Å². The van der Waals surface area contributed by atoms with Crippen LogP contribution in [0.3, 0.4) is 0 Å².